The molecular formula is C15H20N4O2. The number of rotatable bonds is 4. The van der Waals surface area contributed by atoms with E-state index in [1.807, 2.05) is 23.9 Å². The summed E-state index contributed by atoms with van der Waals surface area (Å²) in [6, 6.07) is 1.91. The maximum absolute atomic E-state index is 12.3. The Hall–Kier alpha value is -2.11. The summed E-state index contributed by atoms with van der Waals surface area (Å²) >= 11 is 0. The van der Waals surface area contributed by atoms with Gasteiger partial charge in [-0.25, -0.2) is 0 Å². The van der Waals surface area contributed by atoms with E-state index in [0.717, 1.165) is 42.8 Å². The molecule has 2 aromatic heterocycles. The molecule has 0 aliphatic heterocycles. The van der Waals surface area contributed by atoms with Crippen molar-refractivity contribution in [3.63, 3.8) is 0 Å². The zero-order valence-corrected chi connectivity index (χ0v) is 12.4. The third-order valence-corrected chi connectivity index (χ3v) is 3.95. The molecule has 6 nitrogen and oxygen atoms in total. The van der Waals surface area contributed by atoms with Gasteiger partial charge in [-0.2, -0.15) is 5.10 Å². The van der Waals surface area contributed by atoms with Crippen molar-refractivity contribution < 1.29 is 9.32 Å². The van der Waals surface area contributed by atoms with Crippen molar-refractivity contribution in [1.29, 1.82) is 0 Å². The first-order chi connectivity index (χ1) is 10.2. The van der Waals surface area contributed by atoms with E-state index in [4.69, 9.17) is 4.52 Å². The highest BCUT2D eigenvalue weighted by Crippen LogP contribution is 2.27. The Morgan fingerprint density at radius 3 is 3.19 bits per heavy atom. The number of aryl methyl sites for hydroxylation is 2. The number of nitrogens with one attached hydrogen (secondary N) is 1. The number of carbonyl (C=O) groups excluding carboxylic acids is 1. The third kappa shape index (κ3) is 2.84. The van der Waals surface area contributed by atoms with Crippen LogP contribution >= 0.6 is 0 Å². The largest absolute Gasteiger partial charge is 0.360 e. The summed E-state index contributed by atoms with van der Waals surface area (Å²) in [6.07, 6.45) is 4.74. The Kier molecular flexibility index (Phi) is 3.77. The monoisotopic (exact) mass is 288 g/mol. The van der Waals surface area contributed by atoms with Crippen molar-refractivity contribution in [3.8, 4) is 0 Å². The summed E-state index contributed by atoms with van der Waals surface area (Å²) in [5.41, 5.74) is 2.26. The normalized spacial score (nSPS) is 17.5. The van der Waals surface area contributed by atoms with E-state index in [2.05, 4.69) is 22.5 Å². The van der Waals surface area contributed by atoms with Gasteiger partial charge in [-0.05, 0) is 31.7 Å². The van der Waals surface area contributed by atoms with E-state index >= 15 is 0 Å². The minimum absolute atomic E-state index is 0.180. The Morgan fingerprint density at radius 2 is 2.43 bits per heavy atom. The third-order valence-electron chi connectivity index (χ3n) is 3.95. The van der Waals surface area contributed by atoms with Gasteiger partial charge in [0.2, 0.25) is 0 Å². The fourth-order valence-corrected chi connectivity index (χ4v) is 2.69. The van der Waals surface area contributed by atoms with Gasteiger partial charge in [-0.3, -0.25) is 9.48 Å². The number of hydrogen-bond acceptors (Lipinski definition) is 4. The zero-order valence-electron chi connectivity index (χ0n) is 12.4. The summed E-state index contributed by atoms with van der Waals surface area (Å²) in [5.74, 6) is 1.26. The van der Waals surface area contributed by atoms with Gasteiger partial charge in [0.25, 0.3) is 5.91 Å². The van der Waals surface area contributed by atoms with Crippen LogP contribution in [0.3, 0.4) is 0 Å². The average molecular weight is 288 g/mol. The van der Waals surface area contributed by atoms with Crippen LogP contribution in [0.15, 0.2) is 16.8 Å². The molecule has 2 heterocycles. The van der Waals surface area contributed by atoms with Crippen LogP contribution in [0.5, 0.6) is 0 Å². The van der Waals surface area contributed by atoms with Gasteiger partial charge in [-0.15, -0.1) is 0 Å². The van der Waals surface area contributed by atoms with Crippen LogP contribution in [0.4, 0.5) is 0 Å². The molecule has 1 aliphatic carbocycles. The molecule has 0 bridgehead atoms. The lowest BCUT2D eigenvalue weighted by molar-refractivity contribution is 0.0940. The molecule has 2 aromatic rings. The van der Waals surface area contributed by atoms with Gasteiger partial charge < -0.3 is 9.84 Å². The Bertz CT molecular complexity index is 644. The SMILES string of the molecule is CCn1ccc(CNC(=O)c2noc3c2CC(C)CC3)n1. The highest BCUT2D eigenvalue weighted by Gasteiger charge is 2.26. The molecule has 0 fully saturated rings. The van der Waals surface area contributed by atoms with Gasteiger partial charge in [-0.1, -0.05) is 12.1 Å². The lowest BCUT2D eigenvalue weighted by atomic mass is 9.88. The Labute approximate surface area is 123 Å². The molecule has 1 aliphatic rings. The van der Waals surface area contributed by atoms with Gasteiger partial charge >= 0.3 is 0 Å². The van der Waals surface area contributed by atoms with E-state index in [0.29, 0.717) is 18.2 Å². The number of nitrogens with zero attached hydrogens (tertiary/aromatic N) is 3. The van der Waals surface area contributed by atoms with Crippen LogP contribution < -0.4 is 5.32 Å². The summed E-state index contributed by atoms with van der Waals surface area (Å²) < 4.78 is 7.13. The van der Waals surface area contributed by atoms with Crippen molar-refractivity contribution in [1.82, 2.24) is 20.3 Å². The highest BCUT2D eigenvalue weighted by atomic mass is 16.5. The fraction of sp³-hybridized carbons (Fsp3) is 0.533. The average Bonchev–Trinajstić information content (AvgIpc) is 3.10. The quantitative estimate of drug-likeness (QED) is 0.933. The number of fused-ring (bicyclic) bond motifs is 1. The molecule has 21 heavy (non-hydrogen) atoms. The van der Waals surface area contributed by atoms with Gasteiger partial charge in [0.15, 0.2) is 5.69 Å². The van der Waals surface area contributed by atoms with Crippen molar-refractivity contribution in [2.75, 3.05) is 0 Å². The first-order valence-corrected chi connectivity index (χ1v) is 7.45. The first kappa shape index (κ1) is 13.9. The van der Waals surface area contributed by atoms with Crippen molar-refractivity contribution in [3.05, 3.63) is 35.0 Å². The van der Waals surface area contributed by atoms with Crippen LogP contribution in [0, 0.1) is 5.92 Å². The van der Waals surface area contributed by atoms with Gasteiger partial charge in [0, 0.05) is 24.7 Å². The first-order valence-electron chi connectivity index (χ1n) is 7.45. The van der Waals surface area contributed by atoms with E-state index in [1.54, 1.807) is 0 Å². The van der Waals surface area contributed by atoms with Crippen molar-refractivity contribution in [2.24, 2.45) is 5.92 Å². The topological polar surface area (TPSA) is 73.0 Å². The summed E-state index contributed by atoms with van der Waals surface area (Å²) in [7, 11) is 0. The molecular weight excluding hydrogens is 268 g/mol. The molecule has 1 atom stereocenters. The number of aromatic nitrogens is 3. The van der Waals surface area contributed by atoms with Crippen LogP contribution in [0.25, 0.3) is 0 Å². The molecule has 1 amide bonds. The minimum atomic E-state index is -0.180. The lowest BCUT2D eigenvalue weighted by Gasteiger charge is -2.16. The predicted molar refractivity (Wildman–Crippen MR) is 76.8 cm³/mol. The second kappa shape index (κ2) is 5.71. The number of hydrogen-bond donors (Lipinski definition) is 1. The van der Waals surface area contributed by atoms with Gasteiger partial charge in [0.1, 0.15) is 5.76 Å². The molecule has 0 spiro atoms. The maximum atomic E-state index is 12.3. The number of amides is 1. The predicted octanol–water partition coefficient (Wildman–Crippen LogP) is 1.95. The second-order valence-corrected chi connectivity index (χ2v) is 5.63. The van der Waals surface area contributed by atoms with Gasteiger partial charge in [0.05, 0.1) is 12.2 Å². The van der Waals surface area contributed by atoms with Crippen molar-refractivity contribution in [2.45, 2.75) is 46.2 Å². The lowest BCUT2D eigenvalue weighted by Crippen LogP contribution is -2.25. The van der Waals surface area contributed by atoms with Crippen molar-refractivity contribution >= 4 is 5.91 Å². The number of carbonyl (C=O) groups is 1. The second-order valence-electron chi connectivity index (χ2n) is 5.63. The molecule has 0 aromatic carbocycles. The summed E-state index contributed by atoms with van der Waals surface area (Å²) in [5, 5.41) is 11.2. The maximum Gasteiger partial charge on any atom is 0.274 e. The molecule has 1 N–H and O–H groups in total. The van der Waals surface area contributed by atoms with E-state index in [9.17, 15) is 4.79 Å². The van der Waals surface area contributed by atoms with Crippen LogP contribution in [0.1, 0.15) is 47.8 Å². The summed E-state index contributed by atoms with van der Waals surface area (Å²) in [6.45, 7) is 5.44. The molecule has 0 saturated carbocycles. The van der Waals surface area contributed by atoms with E-state index in [-0.39, 0.29) is 5.91 Å². The van der Waals surface area contributed by atoms with E-state index < -0.39 is 0 Å². The fourth-order valence-electron chi connectivity index (χ4n) is 2.69. The molecule has 0 saturated heterocycles. The summed E-state index contributed by atoms with van der Waals surface area (Å²) in [4.78, 5) is 12.3. The smallest absolute Gasteiger partial charge is 0.274 e. The molecule has 0 radical (unpaired) electrons. The van der Waals surface area contributed by atoms with E-state index in [1.165, 1.54) is 0 Å². The van der Waals surface area contributed by atoms with Crippen LogP contribution in [0.2, 0.25) is 0 Å². The Morgan fingerprint density at radius 1 is 1.57 bits per heavy atom. The van der Waals surface area contributed by atoms with Crippen LogP contribution in [-0.2, 0) is 25.9 Å². The van der Waals surface area contributed by atoms with Crippen LogP contribution in [-0.4, -0.2) is 20.8 Å². The molecule has 3 rings (SSSR count). The minimum Gasteiger partial charge on any atom is -0.360 e. The Balaban J connectivity index is 1.67. The standard InChI is InChI=1S/C15H20N4O2/c1-3-19-7-6-11(17-19)9-16-15(20)14-12-8-10(2)4-5-13(12)21-18-14/h6-7,10H,3-5,8-9H2,1-2H3,(H,16,20). The zero-order chi connectivity index (χ0) is 14.8. The molecule has 6 heteroatoms. The highest BCUT2D eigenvalue weighted by molar-refractivity contribution is 5.93. The molecule has 112 valence electrons. The molecule has 1 unspecified atom stereocenters.